The normalized spacial score (nSPS) is 11.1. The number of nitrogens with zero attached hydrogens (tertiary/aromatic N) is 3. The van der Waals surface area contributed by atoms with Crippen molar-refractivity contribution in [2.75, 3.05) is 14.1 Å². The summed E-state index contributed by atoms with van der Waals surface area (Å²) in [6.07, 6.45) is 2.27. The van der Waals surface area contributed by atoms with Gasteiger partial charge < -0.3 is 10.2 Å². The van der Waals surface area contributed by atoms with Crippen LogP contribution in [-0.2, 0) is 6.54 Å². The number of nitro groups is 1. The van der Waals surface area contributed by atoms with E-state index < -0.39 is 10.9 Å². The van der Waals surface area contributed by atoms with Crippen LogP contribution in [0.3, 0.4) is 0 Å². The van der Waals surface area contributed by atoms with E-state index >= 15 is 0 Å². The molecule has 0 aliphatic carbocycles. The van der Waals surface area contributed by atoms with Gasteiger partial charge in [0.2, 0.25) is 5.95 Å². The summed E-state index contributed by atoms with van der Waals surface area (Å²) in [6, 6.07) is 2.83. The zero-order valence-corrected chi connectivity index (χ0v) is 9.55. The Balaban J connectivity index is 2.73. The molecule has 17 heavy (non-hydrogen) atoms. The highest BCUT2D eigenvalue weighted by Gasteiger charge is 2.08. The lowest BCUT2D eigenvalue weighted by molar-refractivity contribution is -0.404. The summed E-state index contributed by atoms with van der Waals surface area (Å²) in [7, 11) is 3.28. The molecule has 0 saturated heterocycles. The van der Waals surface area contributed by atoms with E-state index in [4.69, 9.17) is 0 Å². The van der Waals surface area contributed by atoms with Crippen molar-refractivity contribution in [3.8, 4) is 0 Å². The Morgan fingerprint density at radius 2 is 2.41 bits per heavy atom. The predicted octanol–water partition coefficient (Wildman–Crippen LogP) is 0.948. The molecule has 0 spiro atoms. The molecule has 0 aliphatic heterocycles. The molecule has 6 nitrogen and oxygen atoms in total. The lowest BCUT2D eigenvalue weighted by atomic mass is 10.3. The van der Waals surface area contributed by atoms with E-state index in [9.17, 15) is 14.5 Å². The van der Waals surface area contributed by atoms with Gasteiger partial charge in [-0.1, -0.05) is 6.07 Å². The molecule has 0 fully saturated rings. The second-order valence-corrected chi connectivity index (χ2v) is 3.39. The molecule has 0 unspecified atom stereocenters. The first-order valence-corrected chi connectivity index (χ1v) is 4.87. The van der Waals surface area contributed by atoms with Crippen molar-refractivity contribution in [1.82, 2.24) is 15.2 Å². The number of aromatic nitrogens is 1. The number of hydrogen-bond donors (Lipinski definition) is 1. The molecule has 1 aromatic heterocycles. The van der Waals surface area contributed by atoms with Crippen LogP contribution < -0.4 is 5.32 Å². The average Bonchev–Trinajstić information content (AvgIpc) is 2.28. The van der Waals surface area contributed by atoms with Crippen LogP contribution in [0.25, 0.3) is 0 Å². The minimum Gasteiger partial charge on any atom is -0.370 e. The zero-order chi connectivity index (χ0) is 12.8. The van der Waals surface area contributed by atoms with Gasteiger partial charge in [0.15, 0.2) is 5.82 Å². The molecule has 1 heterocycles. The van der Waals surface area contributed by atoms with Crippen molar-refractivity contribution >= 4 is 0 Å². The summed E-state index contributed by atoms with van der Waals surface area (Å²) in [5.74, 6) is -0.189. The molecule has 0 aromatic carbocycles. The van der Waals surface area contributed by atoms with Gasteiger partial charge in [-0.05, 0) is 11.6 Å². The van der Waals surface area contributed by atoms with E-state index in [1.165, 1.54) is 12.3 Å². The minimum atomic E-state index is -0.550. The van der Waals surface area contributed by atoms with Crippen molar-refractivity contribution in [3.05, 3.63) is 52.0 Å². The molecule has 1 N–H and O–H groups in total. The van der Waals surface area contributed by atoms with Crippen LogP contribution >= 0.6 is 0 Å². The van der Waals surface area contributed by atoms with Crippen LogP contribution in [0.5, 0.6) is 0 Å². The van der Waals surface area contributed by atoms with Crippen molar-refractivity contribution in [2.24, 2.45) is 0 Å². The molecule has 0 saturated carbocycles. The van der Waals surface area contributed by atoms with Gasteiger partial charge in [0.05, 0.1) is 4.92 Å². The van der Waals surface area contributed by atoms with Crippen LogP contribution in [0.2, 0.25) is 0 Å². The van der Waals surface area contributed by atoms with Crippen LogP contribution in [0.15, 0.2) is 30.4 Å². The average molecular weight is 240 g/mol. The first-order valence-electron chi connectivity index (χ1n) is 4.87. The van der Waals surface area contributed by atoms with Gasteiger partial charge in [0, 0.05) is 26.8 Å². The summed E-state index contributed by atoms with van der Waals surface area (Å²) in [6.45, 7) is 0.397. The fourth-order valence-electron chi connectivity index (χ4n) is 1.31. The summed E-state index contributed by atoms with van der Waals surface area (Å²) in [5.41, 5.74) is 0.762. The SMILES string of the molecule is CN/C(=C/[N+](=O)[O-])N(C)Cc1ccc(F)nc1. The van der Waals surface area contributed by atoms with Gasteiger partial charge in [0.25, 0.3) is 6.20 Å². The number of pyridine rings is 1. The first-order chi connectivity index (χ1) is 8.02. The maximum absolute atomic E-state index is 12.6. The molecular weight excluding hydrogens is 227 g/mol. The lowest BCUT2D eigenvalue weighted by Crippen LogP contribution is -2.26. The van der Waals surface area contributed by atoms with Crippen LogP contribution in [0, 0.1) is 16.1 Å². The van der Waals surface area contributed by atoms with E-state index in [0.29, 0.717) is 12.4 Å². The molecule has 0 radical (unpaired) electrons. The molecule has 0 atom stereocenters. The minimum absolute atomic E-state index is 0.360. The summed E-state index contributed by atoms with van der Waals surface area (Å²) >= 11 is 0. The first kappa shape index (κ1) is 12.9. The van der Waals surface area contributed by atoms with E-state index in [2.05, 4.69) is 10.3 Å². The zero-order valence-electron chi connectivity index (χ0n) is 9.55. The van der Waals surface area contributed by atoms with E-state index in [0.717, 1.165) is 11.8 Å². The number of hydrogen-bond acceptors (Lipinski definition) is 5. The largest absolute Gasteiger partial charge is 0.370 e. The highest BCUT2D eigenvalue weighted by atomic mass is 19.1. The Bertz CT molecular complexity index is 419. The maximum atomic E-state index is 12.6. The van der Waals surface area contributed by atoms with Crippen molar-refractivity contribution in [2.45, 2.75) is 6.54 Å². The van der Waals surface area contributed by atoms with Gasteiger partial charge >= 0.3 is 0 Å². The Kier molecular flexibility index (Phi) is 4.38. The molecule has 0 aliphatic rings. The molecule has 1 rings (SSSR count). The highest BCUT2D eigenvalue weighted by Crippen LogP contribution is 2.06. The van der Waals surface area contributed by atoms with Crippen molar-refractivity contribution in [3.63, 3.8) is 0 Å². The van der Waals surface area contributed by atoms with Crippen LogP contribution in [0.1, 0.15) is 5.56 Å². The van der Waals surface area contributed by atoms with Crippen LogP contribution in [-0.4, -0.2) is 28.9 Å². The quantitative estimate of drug-likeness (QED) is 0.471. The van der Waals surface area contributed by atoms with Gasteiger partial charge in [-0.25, -0.2) is 4.98 Å². The topological polar surface area (TPSA) is 71.3 Å². The summed E-state index contributed by atoms with van der Waals surface area (Å²) in [4.78, 5) is 15.0. The third kappa shape index (κ3) is 4.06. The summed E-state index contributed by atoms with van der Waals surface area (Å²) in [5, 5.41) is 13.1. The Labute approximate surface area is 97.9 Å². The molecule has 7 heteroatoms. The summed E-state index contributed by atoms with van der Waals surface area (Å²) < 4.78 is 12.6. The Morgan fingerprint density at radius 1 is 1.71 bits per heavy atom. The fourth-order valence-corrected chi connectivity index (χ4v) is 1.31. The molecule has 92 valence electrons. The van der Waals surface area contributed by atoms with E-state index in [1.807, 2.05) is 0 Å². The maximum Gasteiger partial charge on any atom is 0.274 e. The lowest BCUT2D eigenvalue weighted by Gasteiger charge is -2.19. The number of nitrogens with one attached hydrogen (secondary N) is 1. The fraction of sp³-hybridized carbons (Fsp3) is 0.300. The van der Waals surface area contributed by atoms with Gasteiger partial charge in [-0.3, -0.25) is 10.1 Å². The van der Waals surface area contributed by atoms with Crippen molar-refractivity contribution in [1.29, 1.82) is 0 Å². The highest BCUT2D eigenvalue weighted by molar-refractivity contribution is 5.10. The second kappa shape index (κ2) is 5.78. The van der Waals surface area contributed by atoms with Gasteiger partial charge in [-0.2, -0.15) is 4.39 Å². The number of rotatable bonds is 5. The van der Waals surface area contributed by atoms with Crippen molar-refractivity contribution < 1.29 is 9.31 Å². The third-order valence-corrected chi connectivity index (χ3v) is 2.10. The number of halogens is 1. The second-order valence-electron chi connectivity index (χ2n) is 3.39. The third-order valence-electron chi connectivity index (χ3n) is 2.10. The Morgan fingerprint density at radius 3 is 2.88 bits per heavy atom. The Hall–Kier alpha value is -2.18. The van der Waals surface area contributed by atoms with Gasteiger partial charge in [-0.15, -0.1) is 0 Å². The van der Waals surface area contributed by atoms with E-state index in [1.54, 1.807) is 25.1 Å². The smallest absolute Gasteiger partial charge is 0.274 e. The monoisotopic (exact) mass is 240 g/mol. The molecule has 1 aromatic rings. The van der Waals surface area contributed by atoms with E-state index in [-0.39, 0.29) is 0 Å². The van der Waals surface area contributed by atoms with Crippen LogP contribution in [0.4, 0.5) is 4.39 Å². The molecular formula is C10H13FN4O2. The molecule has 0 bridgehead atoms. The predicted molar refractivity (Wildman–Crippen MR) is 59.8 cm³/mol. The molecule has 0 amide bonds. The standard InChI is InChI=1S/C10H13FN4O2/c1-12-10(7-15(16)17)14(2)6-8-3-4-9(11)13-5-8/h3-5,7,12H,6H2,1-2H3/b10-7-. The van der Waals surface area contributed by atoms with Gasteiger partial charge in [0.1, 0.15) is 0 Å².